The highest BCUT2D eigenvalue weighted by Gasteiger charge is 2.18. The van der Waals surface area contributed by atoms with Crippen molar-refractivity contribution < 1.29 is 28.0 Å². The van der Waals surface area contributed by atoms with Crippen LogP contribution in [0.25, 0.3) is 0 Å². The molecule has 2 unspecified atom stereocenters. The monoisotopic (exact) mass is 553 g/mol. The van der Waals surface area contributed by atoms with Crippen LogP contribution in [0.15, 0.2) is 24.3 Å². The number of carbonyl (C=O) groups excluding carboxylic acids is 1. The number of ketones is 1. The lowest BCUT2D eigenvalue weighted by molar-refractivity contribution is -0.870. The molecule has 1 aromatic carbocycles. The number of unbranched alkanes of at least 4 members (excludes halogenated alkanes) is 10. The van der Waals surface area contributed by atoms with Gasteiger partial charge >= 0.3 is 0 Å². The highest BCUT2D eigenvalue weighted by molar-refractivity contribution is 7.51. The molecule has 0 fully saturated rings. The number of carbonyl (C=O) groups is 1. The zero-order chi connectivity index (χ0) is 28.3. The Labute approximate surface area is 233 Å². The van der Waals surface area contributed by atoms with Gasteiger partial charge in [0.25, 0.3) is 0 Å². The summed E-state index contributed by atoms with van der Waals surface area (Å²) in [6.45, 7) is 5.30. The van der Waals surface area contributed by atoms with E-state index in [0.717, 1.165) is 24.3 Å². The van der Waals surface area contributed by atoms with E-state index in [9.17, 15) is 14.3 Å². The first kappa shape index (κ1) is 34.8. The van der Waals surface area contributed by atoms with Crippen molar-refractivity contribution in [3.05, 3.63) is 29.8 Å². The van der Waals surface area contributed by atoms with E-state index in [4.69, 9.17) is 9.26 Å². The Bertz CT molecular complexity index is 808. The molecule has 0 N–H and O–H groups in total. The molecule has 0 aromatic heterocycles. The minimum Gasteiger partial charge on any atom is -0.778 e. The number of rotatable bonds is 24. The van der Waals surface area contributed by atoms with Gasteiger partial charge in [-0.05, 0) is 43.4 Å². The summed E-state index contributed by atoms with van der Waals surface area (Å²) in [5.41, 5.74) is 1.03. The quantitative estimate of drug-likeness (QED) is 0.0770. The van der Waals surface area contributed by atoms with Gasteiger partial charge in [0, 0.05) is 19.0 Å². The van der Waals surface area contributed by atoms with Crippen molar-refractivity contribution in [2.75, 3.05) is 47.1 Å². The third kappa shape index (κ3) is 19.8. The summed E-state index contributed by atoms with van der Waals surface area (Å²) < 4.78 is 24.5. The molecule has 0 spiro atoms. The second kappa shape index (κ2) is 19.8. The highest BCUT2D eigenvalue weighted by atomic mass is 31.2. The molecule has 0 amide bonds. The molecule has 1 rings (SSSR count). The Balaban J connectivity index is 2.37. The Morgan fingerprint density at radius 3 is 2.13 bits per heavy atom. The molecule has 220 valence electrons. The van der Waals surface area contributed by atoms with Gasteiger partial charge < -0.3 is 28.0 Å². The van der Waals surface area contributed by atoms with Gasteiger partial charge in [-0.15, -0.1) is 0 Å². The van der Waals surface area contributed by atoms with Crippen LogP contribution in [0.1, 0.15) is 103 Å². The van der Waals surface area contributed by atoms with Crippen molar-refractivity contribution in [1.82, 2.24) is 0 Å². The molecule has 0 aliphatic carbocycles. The third-order valence-corrected chi connectivity index (χ3v) is 8.19. The first-order chi connectivity index (χ1) is 18.0. The van der Waals surface area contributed by atoms with Gasteiger partial charge in [0.1, 0.15) is 19.1 Å². The van der Waals surface area contributed by atoms with Crippen LogP contribution in [0.4, 0.5) is 0 Å². The highest BCUT2D eigenvalue weighted by Crippen LogP contribution is 2.38. The second-order valence-electron chi connectivity index (χ2n) is 12.0. The molecule has 0 aliphatic rings. The number of quaternary nitrogens is 1. The van der Waals surface area contributed by atoms with Crippen LogP contribution in [0.3, 0.4) is 0 Å². The normalized spacial score (nSPS) is 14.3. The first-order valence-corrected chi connectivity index (χ1v) is 16.7. The van der Waals surface area contributed by atoms with Crippen molar-refractivity contribution in [3.63, 3.8) is 0 Å². The molecule has 0 heterocycles. The minimum absolute atomic E-state index is 0.0255. The van der Waals surface area contributed by atoms with Crippen LogP contribution in [0.5, 0.6) is 5.75 Å². The van der Waals surface area contributed by atoms with E-state index in [0.29, 0.717) is 30.4 Å². The van der Waals surface area contributed by atoms with Crippen molar-refractivity contribution in [1.29, 1.82) is 0 Å². The average molecular weight is 554 g/mol. The summed E-state index contributed by atoms with van der Waals surface area (Å²) in [6, 6.07) is 7.92. The Morgan fingerprint density at radius 2 is 1.55 bits per heavy atom. The summed E-state index contributed by atoms with van der Waals surface area (Å²) >= 11 is 0. The molecule has 1 aromatic rings. The summed E-state index contributed by atoms with van der Waals surface area (Å²) in [6.07, 6.45) is 15.8. The first-order valence-electron chi connectivity index (χ1n) is 15.0. The Hall–Kier alpha value is -1.20. The van der Waals surface area contributed by atoms with Crippen LogP contribution in [0, 0.1) is 5.92 Å². The molecule has 2 atom stereocenters. The summed E-state index contributed by atoms with van der Waals surface area (Å²) in [5, 5.41) is 0. The van der Waals surface area contributed by atoms with Gasteiger partial charge in [0.15, 0.2) is 0 Å². The molecule has 0 saturated heterocycles. The van der Waals surface area contributed by atoms with Crippen LogP contribution < -0.4 is 9.63 Å². The molecule has 38 heavy (non-hydrogen) atoms. The molecular formula is C31H56NO5P. The summed E-state index contributed by atoms with van der Waals surface area (Å²) in [4.78, 5) is 24.2. The molecule has 7 heteroatoms. The van der Waals surface area contributed by atoms with Crippen LogP contribution in [-0.4, -0.2) is 57.3 Å². The average Bonchev–Trinajstić information content (AvgIpc) is 2.82. The van der Waals surface area contributed by atoms with Gasteiger partial charge in [-0.3, -0.25) is 0 Å². The van der Waals surface area contributed by atoms with Crippen LogP contribution >= 0.6 is 7.60 Å². The van der Waals surface area contributed by atoms with E-state index in [2.05, 4.69) is 6.92 Å². The predicted molar refractivity (Wildman–Crippen MR) is 157 cm³/mol. The van der Waals surface area contributed by atoms with E-state index in [1.165, 1.54) is 71.1 Å². The maximum Gasteiger partial charge on any atom is 0.135 e. The van der Waals surface area contributed by atoms with Crippen molar-refractivity contribution >= 4 is 13.4 Å². The maximum absolute atomic E-state index is 12.4. The largest absolute Gasteiger partial charge is 0.778 e. The number of Topliss-reactive ketones (excluding diaryl/α,β-unsaturated/α-hetero) is 1. The SMILES string of the molecule is CCCCCCCCCCCCCOc1cccc(CC(COP(=O)([O-])CCC[N+](C)(C)C)CC(C)=O)c1. The number of nitrogens with zero attached hydrogens (tertiary/aromatic N) is 1. The van der Waals surface area contributed by atoms with Gasteiger partial charge in [-0.25, -0.2) is 0 Å². The summed E-state index contributed by atoms with van der Waals surface area (Å²) in [7, 11) is 2.19. The van der Waals surface area contributed by atoms with Gasteiger partial charge in [0.05, 0.1) is 40.9 Å². The Morgan fingerprint density at radius 1 is 0.947 bits per heavy atom. The fraction of sp³-hybridized carbons (Fsp3) is 0.774. The number of hydrogen-bond donors (Lipinski definition) is 0. The lowest BCUT2D eigenvalue weighted by Crippen LogP contribution is -2.35. The van der Waals surface area contributed by atoms with Gasteiger partial charge in [-0.2, -0.15) is 0 Å². The van der Waals surface area contributed by atoms with E-state index in [-0.39, 0.29) is 24.5 Å². The van der Waals surface area contributed by atoms with Crippen molar-refractivity contribution in [3.8, 4) is 5.75 Å². The van der Waals surface area contributed by atoms with Crippen LogP contribution in [0.2, 0.25) is 0 Å². The number of ether oxygens (including phenoxy) is 1. The van der Waals surface area contributed by atoms with Gasteiger partial charge in [-0.1, -0.05) is 83.3 Å². The van der Waals surface area contributed by atoms with Crippen molar-refractivity contribution in [2.24, 2.45) is 5.92 Å². The second-order valence-corrected chi connectivity index (χ2v) is 13.9. The van der Waals surface area contributed by atoms with E-state index in [1.54, 1.807) is 0 Å². The van der Waals surface area contributed by atoms with Gasteiger partial charge in [0.2, 0.25) is 0 Å². The van der Waals surface area contributed by atoms with E-state index >= 15 is 0 Å². The molecule has 0 radical (unpaired) electrons. The molecule has 0 aliphatic heterocycles. The maximum atomic E-state index is 12.4. The smallest absolute Gasteiger partial charge is 0.135 e. The topological polar surface area (TPSA) is 75.7 Å². The number of hydrogen-bond acceptors (Lipinski definition) is 5. The predicted octanol–water partition coefficient (Wildman–Crippen LogP) is 7.18. The zero-order valence-electron chi connectivity index (χ0n) is 25.1. The Kier molecular flexibility index (Phi) is 18.1. The fourth-order valence-electron chi connectivity index (χ4n) is 4.67. The van der Waals surface area contributed by atoms with E-state index < -0.39 is 7.60 Å². The third-order valence-electron chi connectivity index (χ3n) is 6.78. The molecular weight excluding hydrogens is 497 g/mol. The molecule has 6 nitrogen and oxygen atoms in total. The lowest BCUT2D eigenvalue weighted by atomic mass is 9.95. The van der Waals surface area contributed by atoms with Crippen LogP contribution in [-0.2, 0) is 20.3 Å². The minimum atomic E-state index is -3.92. The molecule has 0 bridgehead atoms. The standard InChI is InChI=1S/C31H56NO5P/c1-6-7-8-9-10-11-12-13-14-15-16-22-36-31-20-17-19-29(26-31)25-30(24-28(2)33)27-37-38(34,35)23-18-21-32(3,4)5/h17,19-20,26,30H,6-16,18,21-25,27H2,1-5H3. The fourth-order valence-corrected chi connectivity index (χ4v) is 5.77. The molecule has 0 saturated carbocycles. The zero-order valence-corrected chi connectivity index (χ0v) is 25.9. The van der Waals surface area contributed by atoms with E-state index in [1.807, 2.05) is 45.4 Å². The lowest BCUT2D eigenvalue weighted by Gasteiger charge is -2.28. The summed E-state index contributed by atoms with van der Waals surface area (Å²) in [5.74, 6) is 0.676. The number of benzene rings is 1. The van der Waals surface area contributed by atoms with Crippen molar-refractivity contribution in [2.45, 2.75) is 104 Å².